The molecule has 1 aliphatic rings. The maximum absolute atomic E-state index is 13.9. The average Bonchev–Trinajstić information content (AvgIpc) is 3.24. The Morgan fingerprint density at radius 2 is 1.93 bits per heavy atom. The number of nitrogens with one attached hydrogen (secondary N) is 2. The molecule has 0 spiro atoms. The van der Waals surface area contributed by atoms with Gasteiger partial charge in [0, 0.05) is 39.3 Å². The van der Waals surface area contributed by atoms with Crippen molar-refractivity contribution in [3.63, 3.8) is 0 Å². The minimum atomic E-state index is -0.134. The number of para-hydroxylation sites is 1. The second-order valence-corrected chi connectivity index (χ2v) is 6.83. The number of anilines is 1. The maximum atomic E-state index is 13.9. The van der Waals surface area contributed by atoms with Crippen molar-refractivity contribution in [2.45, 2.75) is 19.9 Å². The number of guanidine groups is 1. The lowest BCUT2D eigenvalue weighted by molar-refractivity contribution is 0.254. The van der Waals surface area contributed by atoms with Crippen LogP contribution in [0.2, 0.25) is 0 Å². The molecule has 7 heteroatoms. The number of aliphatic imine (C=N–C) groups is 1. The lowest BCUT2D eigenvalue weighted by atomic mass is 10.2. The summed E-state index contributed by atoms with van der Waals surface area (Å²) in [5, 5.41) is 6.63. The molecule has 1 saturated heterocycles. The van der Waals surface area contributed by atoms with Crippen molar-refractivity contribution in [2.75, 3.05) is 50.7 Å². The molecular formula is C21H30FN5O. The predicted molar refractivity (Wildman–Crippen MR) is 111 cm³/mol. The summed E-state index contributed by atoms with van der Waals surface area (Å²) >= 11 is 0. The quantitative estimate of drug-likeness (QED) is 0.414. The topological polar surface area (TPSA) is 56.0 Å². The van der Waals surface area contributed by atoms with Crippen molar-refractivity contribution in [3.8, 4) is 0 Å². The Bertz CT molecular complexity index is 726. The zero-order valence-corrected chi connectivity index (χ0v) is 16.5. The number of hydrogen-bond donors (Lipinski definition) is 2. The van der Waals surface area contributed by atoms with Crippen molar-refractivity contribution in [2.24, 2.45) is 4.99 Å². The molecule has 1 aliphatic heterocycles. The maximum Gasteiger partial charge on any atom is 0.191 e. The van der Waals surface area contributed by atoms with Gasteiger partial charge in [-0.1, -0.05) is 12.1 Å². The van der Waals surface area contributed by atoms with E-state index in [9.17, 15) is 4.39 Å². The molecule has 0 aliphatic carbocycles. The molecule has 1 aromatic carbocycles. The SMILES string of the molecule is CCNC(=NCc1ccco1)NCCCN1CCN(c2ccccc2F)CC1. The van der Waals surface area contributed by atoms with Crippen LogP contribution < -0.4 is 15.5 Å². The third-order valence-electron chi connectivity index (χ3n) is 4.83. The normalized spacial score (nSPS) is 15.6. The summed E-state index contributed by atoms with van der Waals surface area (Å²) in [6, 6.07) is 10.8. The van der Waals surface area contributed by atoms with Gasteiger partial charge in [0.2, 0.25) is 0 Å². The van der Waals surface area contributed by atoms with Crippen LogP contribution >= 0.6 is 0 Å². The highest BCUT2D eigenvalue weighted by atomic mass is 19.1. The minimum Gasteiger partial charge on any atom is -0.467 e. The van der Waals surface area contributed by atoms with Gasteiger partial charge >= 0.3 is 0 Å². The first-order chi connectivity index (χ1) is 13.8. The number of halogens is 1. The number of furan rings is 1. The summed E-state index contributed by atoms with van der Waals surface area (Å²) in [4.78, 5) is 9.11. The van der Waals surface area contributed by atoms with Crippen LogP contribution in [0.15, 0.2) is 52.1 Å². The van der Waals surface area contributed by atoms with Crippen LogP contribution in [0.4, 0.5) is 10.1 Å². The molecule has 0 unspecified atom stereocenters. The van der Waals surface area contributed by atoms with E-state index in [0.717, 1.165) is 64.0 Å². The lowest BCUT2D eigenvalue weighted by Gasteiger charge is -2.36. The Labute approximate surface area is 166 Å². The average molecular weight is 388 g/mol. The van der Waals surface area contributed by atoms with Crippen LogP contribution in [-0.2, 0) is 6.54 Å². The van der Waals surface area contributed by atoms with Crippen molar-refractivity contribution in [1.29, 1.82) is 0 Å². The number of hydrogen-bond acceptors (Lipinski definition) is 4. The highest BCUT2D eigenvalue weighted by Crippen LogP contribution is 2.20. The molecule has 2 N–H and O–H groups in total. The zero-order valence-electron chi connectivity index (χ0n) is 16.5. The molecule has 152 valence electrons. The van der Waals surface area contributed by atoms with Gasteiger partial charge in [0.1, 0.15) is 18.1 Å². The minimum absolute atomic E-state index is 0.134. The Hall–Kier alpha value is -2.54. The molecule has 0 radical (unpaired) electrons. The van der Waals surface area contributed by atoms with Gasteiger partial charge in [0.05, 0.1) is 12.0 Å². The van der Waals surface area contributed by atoms with E-state index in [2.05, 4.69) is 32.3 Å². The highest BCUT2D eigenvalue weighted by molar-refractivity contribution is 5.79. The van der Waals surface area contributed by atoms with Gasteiger partial charge < -0.3 is 20.0 Å². The third-order valence-corrected chi connectivity index (χ3v) is 4.83. The van der Waals surface area contributed by atoms with Crippen LogP contribution in [-0.4, -0.2) is 56.7 Å². The number of benzene rings is 1. The van der Waals surface area contributed by atoms with Crippen molar-refractivity contribution in [1.82, 2.24) is 15.5 Å². The van der Waals surface area contributed by atoms with Crippen LogP contribution in [0.25, 0.3) is 0 Å². The van der Waals surface area contributed by atoms with Gasteiger partial charge in [-0.2, -0.15) is 0 Å². The van der Waals surface area contributed by atoms with Crippen molar-refractivity contribution < 1.29 is 8.81 Å². The Balaban J connectivity index is 1.36. The van der Waals surface area contributed by atoms with Crippen molar-refractivity contribution >= 4 is 11.6 Å². The van der Waals surface area contributed by atoms with Gasteiger partial charge in [-0.3, -0.25) is 4.90 Å². The number of nitrogens with zero attached hydrogens (tertiary/aromatic N) is 3. The molecule has 0 saturated carbocycles. The van der Waals surface area contributed by atoms with Crippen LogP contribution in [0.5, 0.6) is 0 Å². The van der Waals surface area contributed by atoms with E-state index in [1.165, 1.54) is 6.07 Å². The van der Waals surface area contributed by atoms with Gasteiger partial charge in [-0.15, -0.1) is 0 Å². The first-order valence-corrected chi connectivity index (χ1v) is 10.0. The monoisotopic (exact) mass is 387 g/mol. The summed E-state index contributed by atoms with van der Waals surface area (Å²) in [7, 11) is 0. The fraction of sp³-hybridized carbons (Fsp3) is 0.476. The largest absolute Gasteiger partial charge is 0.467 e. The summed E-state index contributed by atoms with van der Waals surface area (Å²) in [6.45, 7) is 8.93. The highest BCUT2D eigenvalue weighted by Gasteiger charge is 2.18. The predicted octanol–water partition coefficient (Wildman–Crippen LogP) is 2.69. The fourth-order valence-electron chi connectivity index (χ4n) is 3.33. The molecular weight excluding hydrogens is 357 g/mol. The van der Waals surface area contributed by atoms with Gasteiger partial charge in [0.15, 0.2) is 5.96 Å². The second-order valence-electron chi connectivity index (χ2n) is 6.83. The second kappa shape index (κ2) is 10.7. The Kier molecular flexibility index (Phi) is 7.72. The molecule has 2 heterocycles. The molecule has 1 fully saturated rings. The van der Waals surface area contributed by atoms with Crippen molar-refractivity contribution in [3.05, 3.63) is 54.2 Å². The first kappa shape index (κ1) is 20.2. The molecule has 2 aromatic rings. The molecule has 0 amide bonds. The summed E-state index contributed by atoms with van der Waals surface area (Å²) < 4.78 is 19.2. The first-order valence-electron chi connectivity index (χ1n) is 10.0. The Morgan fingerprint density at radius 3 is 2.64 bits per heavy atom. The van der Waals surface area contributed by atoms with Gasteiger partial charge in [-0.25, -0.2) is 9.38 Å². The summed E-state index contributed by atoms with van der Waals surface area (Å²) in [6.07, 6.45) is 2.70. The van der Waals surface area contributed by atoms with Crippen LogP contribution in [0.3, 0.4) is 0 Å². The molecule has 0 bridgehead atoms. The standard InChI is InChI=1S/C21H30FN5O/c1-2-23-21(25-17-18-7-5-16-28-18)24-10-6-11-26-12-14-27(15-13-26)20-9-4-3-8-19(20)22/h3-5,7-9,16H,2,6,10-15,17H2,1H3,(H2,23,24,25). The molecule has 28 heavy (non-hydrogen) atoms. The molecule has 3 rings (SSSR count). The smallest absolute Gasteiger partial charge is 0.191 e. The van der Waals surface area contributed by atoms with E-state index in [1.54, 1.807) is 12.3 Å². The Morgan fingerprint density at radius 1 is 1.11 bits per heavy atom. The summed E-state index contributed by atoms with van der Waals surface area (Å²) in [5.74, 6) is 1.53. The molecule has 1 aromatic heterocycles. The van der Waals surface area contributed by atoms with E-state index in [0.29, 0.717) is 12.2 Å². The van der Waals surface area contributed by atoms with E-state index >= 15 is 0 Å². The van der Waals surface area contributed by atoms with Crippen LogP contribution in [0, 0.1) is 5.82 Å². The molecule has 6 nitrogen and oxygen atoms in total. The zero-order chi connectivity index (χ0) is 19.6. The number of rotatable bonds is 8. The summed E-state index contributed by atoms with van der Waals surface area (Å²) in [5.41, 5.74) is 0.715. The molecule has 0 atom stereocenters. The van der Waals surface area contributed by atoms with E-state index < -0.39 is 0 Å². The van der Waals surface area contributed by atoms with Gasteiger partial charge in [0.25, 0.3) is 0 Å². The fourth-order valence-corrected chi connectivity index (χ4v) is 3.33. The number of piperazine rings is 1. The van der Waals surface area contributed by atoms with Crippen LogP contribution in [0.1, 0.15) is 19.1 Å². The van der Waals surface area contributed by atoms with Gasteiger partial charge in [-0.05, 0) is 44.2 Å². The lowest BCUT2D eigenvalue weighted by Crippen LogP contribution is -2.47. The van der Waals surface area contributed by atoms with E-state index in [-0.39, 0.29) is 5.82 Å². The van der Waals surface area contributed by atoms with E-state index in [1.807, 2.05) is 24.3 Å². The third kappa shape index (κ3) is 5.99. The van der Waals surface area contributed by atoms with E-state index in [4.69, 9.17) is 4.42 Å².